The Morgan fingerprint density at radius 2 is 1.75 bits per heavy atom. The van der Waals surface area contributed by atoms with Crippen molar-refractivity contribution in [3.63, 3.8) is 0 Å². The highest BCUT2D eigenvalue weighted by molar-refractivity contribution is 5.95. The summed E-state index contributed by atoms with van der Waals surface area (Å²) in [4.78, 5) is 14.1. The van der Waals surface area contributed by atoms with Crippen molar-refractivity contribution in [2.75, 3.05) is 34.4 Å². The molecule has 0 bridgehead atoms. The Kier molecular flexibility index (Phi) is 5.90. The van der Waals surface area contributed by atoms with Gasteiger partial charge in [0.25, 0.3) is 5.91 Å². The molecule has 1 aromatic carbocycles. The summed E-state index contributed by atoms with van der Waals surface area (Å²) in [5.41, 5.74) is 0.489. The third-order valence-corrected chi connectivity index (χ3v) is 2.93. The second-order valence-corrected chi connectivity index (χ2v) is 4.05. The number of carbonyl (C=O) groups excluding carboxylic acids is 1. The Hall–Kier alpha value is -2.17. The molecular weight excluding hydrogens is 258 g/mol. The van der Waals surface area contributed by atoms with Gasteiger partial charge < -0.3 is 19.1 Å². The van der Waals surface area contributed by atoms with E-state index in [0.717, 1.165) is 0 Å². The molecule has 0 saturated heterocycles. The number of ether oxygens (including phenoxy) is 3. The predicted molar refractivity (Wildman–Crippen MR) is 77.9 cm³/mol. The Morgan fingerprint density at radius 1 is 1.20 bits per heavy atom. The molecule has 0 spiro atoms. The molecule has 0 saturated carbocycles. The number of hydrogen-bond acceptors (Lipinski definition) is 4. The fourth-order valence-electron chi connectivity index (χ4n) is 1.90. The van der Waals surface area contributed by atoms with Gasteiger partial charge in [-0.2, -0.15) is 0 Å². The fourth-order valence-corrected chi connectivity index (χ4v) is 1.90. The summed E-state index contributed by atoms with van der Waals surface area (Å²) >= 11 is 0. The van der Waals surface area contributed by atoms with Crippen molar-refractivity contribution in [2.24, 2.45) is 0 Å². The van der Waals surface area contributed by atoms with Crippen molar-refractivity contribution in [3.05, 3.63) is 30.4 Å². The highest BCUT2D eigenvalue weighted by Gasteiger charge is 2.19. The summed E-state index contributed by atoms with van der Waals surface area (Å²) in [6.07, 6.45) is 1.69. The van der Waals surface area contributed by atoms with Gasteiger partial charge in [-0.15, -0.1) is 6.58 Å². The molecule has 0 atom stereocenters. The zero-order valence-electron chi connectivity index (χ0n) is 12.4. The number of methoxy groups -OCH3 is 3. The molecule has 0 aromatic heterocycles. The Labute approximate surface area is 119 Å². The molecule has 110 valence electrons. The monoisotopic (exact) mass is 279 g/mol. The number of carbonyl (C=O) groups is 1. The molecule has 0 radical (unpaired) electrons. The molecule has 0 fully saturated rings. The lowest BCUT2D eigenvalue weighted by atomic mass is 10.1. The van der Waals surface area contributed by atoms with Gasteiger partial charge in [-0.1, -0.05) is 6.08 Å². The van der Waals surface area contributed by atoms with Crippen LogP contribution in [0.1, 0.15) is 17.3 Å². The van der Waals surface area contributed by atoms with E-state index in [0.29, 0.717) is 35.9 Å². The largest absolute Gasteiger partial charge is 0.493 e. The molecule has 0 aliphatic heterocycles. The van der Waals surface area contributed by atoms with Crippen LogP contribution in [0.4, 0.5) is 0 Å². The van der Waals surface area contributed by atoms with Crippen molar-refractivity contribution in [1.29, 1.82) is 0 Å². The smallest absolute Gasteiger partial charge is 0.254 e. The van der Waals surface area contributed by atoms with Crippen LogP contribution in [0.5, 0.6) is 17.2 Å². The van der Waals surface area contributed by atoms with Crippen LogP contribution >= 0.6 is 0 Å². The van der Waals surface area contributed by atoms with E-state index in [1.807, 2.05) is 6.92 Å². The molecule has 0 heterocycles. The van der Waals surface area contributed by atoms with Gasteiger partial charge in [-0.05, 0) is 19.1 Å². The minimum absolute atomic E-state index is 0.105. The minimum atomic E-state index is -0.105. The quantitative estimate of drug-likeness (QED) is 0.719. The lowest BCUT2D eigenvalue weighted by molar-refractivity contribution is 0.0781. The number of nitrogens with zero attached hydrogens (tertiary/aromatic N) is 1. The van der Waals surface area contributed by atoms with Crippen LogP contribution in [0.25, 0.3) is 0 Å². The van der Waals surface area contributed by atoms with Gasteiger partial charge in [-0.25, -0.2) is 0 Å². The van der Waals surface area contributed by atoms with Gasteiger partial charge in [0.1, 0.15) is 0 Å². The molecule has 20 heavy (non-hydrogen) atoms. The molecule has 5 heteroatoms. The first kappa shape index (κ1) is 15.9. The minimum Gasteiger partial charge on any atom is -0.493 e. The third kappa shape index (κ3) is 3.23. The second-order valence-electron chi connectivity index (χ2n) is 4.05. The van der Waals surface area contributed by atoms with E-state index < -0.39 is 0 Å². The average molecular weight is 279 g/mol. The molecule has 1 aromatic rings. The normalized spacial score (nSPS) is 9.80. The maximum absolute atomic E-state index is 12.4. The molecular formula is C15H21NO4. The van der Waals surface area contributed by atoms with Crippen molar-refractivity contribution in [2.45, 2.75) is 6.92 Å². The first-order valence-electron chi connectivity index (χ1n) is 6.33. The topological polar surface area (TPSA) is 48.0 Å². The molecule has 5 nitrogen and oxygen atoms in total. The molecule has 0 aliphatic rings. The zero-order valence-corrected chi connectivity index (χ0v) is 12.4. The summed E-state index contributed by atoms with van der Waals surface area (Å²) in [6.45, 7) is 6.66. The maximum Gasteiger partial charge on any atom is 0.254 e. The molecule has 0 aliphatic carbocycles. The van der Waals surface area contributed by atoms with Crippen LogP contribution < -0.4 is 14.2 Å². The zero-order chi connectivity index (χ0) is 15.1. The molecule has 0 unspecified atom stereocenters. The summed E-state index contributed by atoms with van der Waals surface area (Å²) in [6, 6.07) is 3.30. The number of benzene rings is 1. The summed E-state index contributed by atoms with van der Waals surface area (Å²) in [5.74, 6) is 1.29. The number of likely N-dealkylation sites (N-methyl/N-ethyl adjacent to an activating group) is 1. The van der Waals surface area contributed by atoms with E-state index in [4.69, 9.17) is 14.2 Å². The van der Waals surface area contributed by atoms with Crippen LogP contribution in [-0.4, -0.2) is 45.2 Å². The Balaban J connectivity index is 3.24. The van der Waals surface area contributed by atoms with Crippen molar-refractivity contribution in [1.82, 2.24) is 4.90 Å². The SMILES string of the molecule is C=CCN(CC)C(=O)c1cc(OC)c(OC)c(OC)c1. The van der Waals surface area contributed by atoms with E-state index >= 15 is 0 Å². The first-order chi connectivity index (χ1) is 9.62. The number of hydrogen-bond donors (Lipinski definition) is 0. The highest BCUT2D eigenvalue weighted by atomic mass is 16.5. The van der Waals surface area contributed by atoms with Gasteiger partial charge >= 0.3 is 0 Å². The molecule has 1 amide bonds. The summed E-state index contributed by atoms with van der Waals surface area (Å²) in [5, 5.41) is 0. The van der Waals surface area contributed by atoms with Crippen LogP contribution in [0.2, 0.25) is 0 Å². The molecule has 0 N–H and O–H groups in total. The van der Waals surface area contributed by atoms with E-state index in [1.165, 1.54) is 21.3 Å². The lowest BCUT2D eigenvalue weighted by Gasteiger charge is -2.20. The van der Waals surface area contributed by atoms with Crippen LogP contribution in [0, 0.1) is 0 Å². The average Bonchev–Trinajstić information content (AvgIpc) is 2.50. The van der Waals surface area contributed by atoms with Gasteiger partial charge in [0, 0.05) is 18.7 Å². The number of rotatable bonds is 7. The van der Waals surface area contributed by atoms with Crippen LogP contribution in [-0.2, 0) is 0 Å². The molecule has 1 rings (SSSR count). The lowest BCUT2D eigenvalue weighted by Crippen LogP contribution is -2.30. The first-order valence-corrected chi connectivity index (χ1v) is 6.33. The van der Waals surface area contributed by atoms with E-state index in [-0.39, 0.29) is 5.91 Å². The summed E-state index contributed by atoms with van der Waals surface area (Å²) in [7, 11) is 4.57. The van der Waals surface area contributed by atoms with Crippen molar-refractivity contribution >= 4 is 5.91 Å². The fraction of sp³-hybridized carbons (Fsp3) is 0.400. The van der Waals surface area contributed by atoms with Crippen LogP contribution in [0.3, 0.4) is 0 Å². The predicted octanol–water partition coefficient (Wildman–Crippen LogP) is 2.36. The summed E-state index contributed by atoms with van der Waals surface area (Å²) < 4.78 is 15.7. The third-order valence-electron chi connectivity index (χ3n) is 2.93. The van der Waals surface area contributed by atoms with E-state index in [1.54, 1.807) is 23.1 Å². The van der Waals surface area contributed by atoms with Gasteiger partial charge in [0.15, 0.2) is 11.5 Å². The van der Waals surface area contributed by atoms with E-state index in [2.05, 4.69) is 6.58 Å². The van der Waals surface area contributed by atoms with Gasteiger partial charge in [-0.3, -0.25) is 4.79 Å². The van der Waals surface area contributed by atoms with E-state index in [9.17, 15) is 4.79 Å². The van der Waals surface area contributed by atoms with Crippen molar-refractivity contribution in [3.8, 4) is 17.2 Å². The van der Waals surface area contributed by atoms with Crippen LogP contribution in [0.15, 0.2) is 24.8 Å². The maximum atomic E-state index is 12.4. The van der Waals surface area contributed by atoms with Gasteiger partial charge in [0.2, 0.25) is 5.75 Å². The second kappa shape index (κ2) is 7.43. The standard InChI is InChI=1S/C15H21NO4/c1-6-8-16(7-2)15(17)11-9-12(18-3)14(20-5)13(10-11)19-4/h6,9-10H,1,7-8H2,2-5H3. The van der Waals surface area contributed by atoms with Crippen molar-refractivity contribution < 1.29 is 19.0 Å². The number of amides is 1. The highest BCUT2D eigenvalue weighted by Crippen LogP contribution is 2.38. The Morgan fingerprint density at radius 3 is 2.10 bits per heavy atom. The van der Waals surface area contributed by atoms with Gasteiger partial charge in [0.05, 0.1) is 21.3 Å². The Bertz CT molecular complexity index is 460.